The lowest BCUT2D eigenvalue weighted by atomic mass is 9.83. The van der Waals surface area contributed by atoms with Gasteiger partial charge in [-0.15, -0.1) is 0 Å². The van der Waals surface area contributed by atoms with Crippen LogP contribution in [0.4, 0.5) is 0 Å². The lowest BCUT2D eigenvalue weighted by molar-refractivity contribution is -0.121. The molecule has 1 aromatic carbocycles. The summed E-state index contributed by atoms with van der Waals surface area (Å²) in [5.74, 6) is 0.815. The van der Waals surface area contributed by atoms with Crippen molar-refractivity contribution in [1.29, 1.82) is 0 Å². The van der Waals surface area contributed by atoms with Crippen molar-refractivity contribution >= 4 is 5.91 Å². The highest BCUT2D eigenvalue weighted by molar-refractivity contribution is 5.76. The molecule has 3 rings (SSSR count). The molecule has 0 saturated heterocycles. The number of carbonyl (C=O) groups is 1. The summed E-state index contributed by atoms with van der Waals surface area (Å²) in [4.78, 5) is 11.6. The fraction of sp³-hybridized carbons (Fsp3) is 0.588. The number of aryl methyl sites for hydroxylation is 1. The molecule has 3 nitrogen and oxygen atoms in total. The van der Waals surface area contributed by atoms with E-state index in [4.69, 9.17) is 0 Å². The van der Waals surface area contributed by atoms with Gasteiger partial charge in [-0.1, -0.05) is 24.3 Å². The molecule has 108 valence electrons. The van der Waals surface area contributed by atoms with Crippen LogP contribution < -0.4 is 10.6 Å². The molecule has 1 unspecified atom stereocenters. The second kappa shape index (κ2) is 6.40. The van der Waals surface area contributed by atoms with Crippen molar-refractivity contribution in [3.05, 3.63) is 35.4 Å². The highest BCUT2D eigenvalue weighted by atomic mass is 16.1. The SMILES string of the molecule is O=C(CCNCC1CCCc2ccccc21)NC1CC1. The van der Waals surface area contributed by atoms with E-state index in [1.807, 2.05) is 0 Å². The van der Waals surface area contributed by atoms with Crippen molar-refractivity contribution in [3.63, 3.8) is 0 Å². The topological polar surface area (TPSA) is 41.1 Å². The molecule has 20 heavy (non-hydrogen) atoms. The zero-order valence-electron chi connectivity index (χ0n) is 12.0. The number of hydrogen-bond donors (Lipinski definition) is 2. The van der Waals surface area contributed by atoms with Gasteiger partial charge in [-0.2, -0.15) is 0 Å². The van der Waals surface area contributed by atoms with Crippen LogP contribution in [-0.4, -0.2) is 25.0 Å². The summed E-state index contributed by atoms with van der Waals surface area (Å²) >= 11 is 0. The summed E-state index contributed by atoms with van der Waals surface area (Å²) < 4.78 is 0. The molecule has 1 fully saturated rings. The molecule has 0 aliphatic heterocycles. The fourth-order valence-electron chi connectivity index (χ4n) is 3.07. The molecule has 0 aromatic heterocycles. The smallest absolute Gasteiger partial charge is 0.221 e. The quantitative estimate of drug-likeness (QED) is 0.781. The summed E-state index contributed by atoms with van der Waals surface area (Å²) in [7, 11) is 0. The van der Waals surface area contributed by atoms with Crippen LogP contribution in [0, 0.1) is 0 Å². The van der Waals surface area contributed by atoms with Crippen LogP contribution in [0.15, 0.2) is 24.3 Å². The standard InChI is InChI=1S/C17H24N2O/c20-17(19-15-8-9-15)10-11-18-12-14-6-3-5-13-4-1-2-7-16(13)14/h1-2,4,7,14-15,18H,3,5-6,8-12H2,(H,19,20). The van der Waals surface area contributed by atoms with Crippen LogP contribution in [0.5, 0.6) is 0 Å². The number of amides is 1. The number of rotatable bonds is 6. The normalized spacial score (nSPS) is 21.3. The van der Waals surface area contributed by atoms with Gasteiger partial charge in [0.15, 0.2) is 0 Å². The Labute approximate surface area is 121 Å². The van der Waals surface area contributed by atoms with Crippen molar-refractivity contribution < 1.29 is 4.79 Å². The molecule has 0 heterocycles. The van der Waals surface area contributed by atoms with Crippen LogP contribution >= 0.6 is 0 Å². The van der Waals surface area contributed by atoms with Gasteiger partial charge in [0.1, 0.15) is 0 Å². The zero-order valence-corrected chi connectivity index (χ0v) is 12.0. The van der Waals surface area contributed by atoms with Gasteiger partial charge in [-0.25, -0.2) is 0 Å². The number of hydrogen-bond acceptors (Lipinski definition) is 2. The maximum absolute atomic E-state index is 11.6. The molecule has 0 spiro atoms. The lowest BCUT2D eigenvalue weighted by Gasteiger charge is -2.25. The Morgan fingerprint density at radius 1 is 1.20 bits per heavy atom. The van der Waals surface area contributed by atoms with Crippen molar-refractivity contribution in [2.24, 2.45) is 0 Å². The van der Waals surface area contributed by atoms with Crippen molar-refractivity contribution in [1.82, 2.24) is 10.6 Å². The number of carbonyl (C=O) groups excluding carboxylic acids is 1. The van der Waals surface area contributed by atoms with Gasteiger partial charge in [-0.05, 0) is 49.1 Å². The van der Waals surface area contributed by atoms with E-state index in [-0.39, 0.29) is 5.91 Å². The second-order valence-electron chi connectivity index (χ2n) is 6.08. The van der Waals surface area contributed by atoms with E-state index in [1.165, 1.54) is 30.4 Å². The summed E-state index contributed by atoms with van der Waals surface area (Å²) in [5.41, 5.74) is 3.02. The Bertz CT molecular complexity index is 468. The molecule has 1 amide bonds. The Morgan fingerprint density at radius 2 is 2.05 bits per heavy atom. The maximum Gasteiger partial charge on any atom is 0.221 e. The lowest BCUT2D eigenvalue weighted by Crippen LogP contribution is -2.31. The average molecular weight is 272 g/mol. The molecule has 2 aliphatic rings. The highest BCUT2D eigenvalue weighted by Gasteiger charge is 2.23. The third-order valence-electron chi connectivity index (χ3n) is 4.36. The van der Waals surface area contributed by atoms with E-state index in [2.05, 4.69) is 34.9 Å². The van der Waals surface area contributed by atoms with Crippen molar-refractivity contribution in [3.8, 4) is 0 Å². The first kappa shape index (κ1) is 13.6. The molecule has 1 saturated carbocycles. The van der Waals surface area contributed by atoms with Gasteiger partial charge in [0, 0.05) is 25.6 Å². The summed E-state index contributed by atoms with van der Waals surface area (Å²) in [6.45, 7) is 1.78. The minimum absolute atomic E-state index is 0.198. The van der Waals surface area contributed by atoms with Gasteiger partial charge in [0.2, 0.25) is 5.91 Å². The van der Waals surface area contributed by atoms with Gasteiger partial charge in [-0.3, -0.25) is 4.79 Å². The van der Waals surface area contributed by atoms with Crippen LogP contribution in [0.2, 0.25) is 0 Å². The first-order chi connectivity index (χ1) is 9.83. The first-order valence-corrected chi connectivity index (χ1v) is 7.91. The van der Waals surface area contributed by atoms with E-state index in [1.54, 1.807) is 0 Å². The Hall–Kier alpha value is -1.35. The molecule has 0 bridgehead atoms. The van der Waals surface area contributed by atoms with Crippen LogP contribution in [0.25, 0.3) is 0 Å². The molecular weight excluding hydrogens is 248 g/mol. The fourth-order valence-corrected chi connectivity index (χ4v) is 3.07. The third-order valence-corrected chi connectivity index (χ3v) is 4.36. The molecule has 1 atom stereocenters. The Balaban J connectivity index is 1.41. The van der Waals surface area contributed by atoms with Crippen LogP contribution in [-0.2, 0) is 11.2 Å². The largest absolute Gasteiger partial charge is 0.353 e. The predicted molar refractivity (Wildman–Crippen MR) is 80.8 cm³/mol. The van der Waals surface area contributed by atoms with E-state index < -0.39 is 0 Å². The zero-order chi connectivity index (χ0) is 13.8. The Morgan fingerprint density at radius 3 is 2.90 bits per heavy atom. The molecule has 1 aromatic rings. The number of nitrogens with one attached hydrogen (secondary N) is 2. The summed E-state index contributed by atoms with van der Waals surface area (Å²) in [5, 5.41) is 6.49. The van der Waals surface area contributed by atoms with E-state index in [0.717, 1.165) is 25.9 Å². The predicted octanol–water partition coefficient (Wildman–Crippen LogP) is 2.36. The number of fused-ring (bicyclic) bond motifs is 1. The van der Waals surface area contributed by atoms with Crippen LogP contribution in [0.1, 0.15) is 49.1 Å². The van der Waals surface area contributed by atoms with E-state index in [9.17, 15) is 4.79 Å². The van der Waals surface area contributed by atoms with Gasteiger partial charge >= 0.3 is 0 Å². The summed E-state index contributed by atoms with van der Waals surface area (Å²) in [6, 6.07) is 9.27. The molecule has 2 N–H and O–H groups in total. The van der Waals surface area contributed by atoms with E-state index in [0.29, 0.717) is 18.4 Å². The summed E-state index contributed by atoms with van der Waals surface area (Å²) in [6.07, 6.45) is 6.70. The van der Waals surface area contributed by atoms with Gasteiger partial charge < -0.3 is 10.6 Å². The molecule has 0 radical (unpaired) electrons. The molecule has 3 heteroatoms. The monoisotopic (exact) mass is 272 g/mol. The average Bonchev–Trinajstić information content (AvgIpc) is 3.27. The Kier molecular flexibility index (Phi) is 4.36. The second-order valence-corrected chi connectivity index (χ2v) is 6.08. The van der Waals surface area contributed by atoms with Crippen LogP contribution in [0.3, 0.4) is 0 Å². The maximum atomic E-state index is 11.6. The third kappa shape index (κ3) is 3.60. The number of benzene rings is 1. The highest BCUT2D eigenvalue weighted by Crippen LogP contribution is 2.30. The van der Waals surface area contributed by atoms with Crippen molar-refractivity contribution in [2.75, 3.05) is 13.1 Å². The molecule has 2 aliphatic carbocycles. The first-order valence-electron chi connectivity index (χ1n) is 7.91. The minimum Gasteiger partial charge on any atom is -0.353 e. The van der Waals surface area contributed by atoms with Gasteiger partial charge in [0.25, 0.3) is 0 Å². The van der Waals surface area contributed by atoms with Gasteiger partial charge in [0.05, 0.1) is 0 Å². The van der Waals surface area contributed by atoms with Crippen molar-refractivity contribution in [2.45, 2.75) is 50.5 Å². The van der Waals surface area contributed by atoms with E-state index >= 15 is 0 Å². The molecular formula is C17H24N2O. The minimum atomic E-state index is 0.198.